The van der Waals surface area contributed by atoms with Crippen LogP contribution in [0.1, 0.15) is 59.3 Å². The molecule has 1 fully saturated rings. The summed E-state index contributed by atoms with van der Waals surface area (Å²) < 4.78 is 0. The summed E-state index contributed by atoms with van der Waals surface area (Å²) in [6.07, 6.45) is 5.39. The van der Waals surface area contributed by atoms with Gasteiger partial charge in [0.25, 0.3) is 0 Å². The monoisotopic (exact) mass is 446 g/mol. The maximum Gasteiger partial charge on any atom is 0.246 e. The first-order valence-electron chi connectivity index (χ1n) is 11.7. The fourth-order valence-corrected chi connectivity index (χ4v) is 3.98. The van der Waals surface area contributed by atoms with Crippen LogP contribution in [0.2, 0.25) is 0 Å². The van der Waals surface area contributed by atoms with Gasteiger partial charge in [0.05, 0.1) is 12.5 Å². The molecule has 32 heavy (non-hydrogen) atoms. The van der Waals surface area contributed by atoms with E-state index >= 15 is 0 Å². The van der Waals surface area contributed by atoms with Crippen LogP contribution < -0.4 is 15.5 Å². The standard InChI is InChI=1S/C24H38N4O4/c1-4-5-8-19(16-28(32)17-29)23(30)26-22(15-18(2)3)24(31)25-20-9-11-21(12-10-20)27-13-6-7-14-27/h9-12,17-19,22,32H,4-8,13-16H2,1-3H3,(H,25,31)(H,26,30)/t19-,22+/m1/s1. The predicted octanol–water partition coefficient (Wildman–Crippen LogP) is 3.41. The van der Waals surface area contributed by atoms with Crippen LogP contribution in [-0.2, 0) is 14.4 Å². The molecule has 2 rings (SSSR count). The summed E-state index contributed by atoms with van der Waals surface area (Å²) in [7, 11) is 0. The topological polar surface area (TPSA) is 102 Å². The van der Waals surface area contributed by atoms with Gasteiger partial charge < -0.3 is 15.5 Å². The van der Waals surface area contributed by atoms with Gasteiger partial charge in [0.2, 0.25) is 18.2 Å². The van der Waals surface area contributed by atoms with Crippen molar-refractivity contribution in [3.8, 4) is 0 Å². The first kappa shape index (κ1) is 25.6. The lowest BCUT2D eigenvalue weighted by molar-refractivity contribution is -0.155. The summed E-state index contributed by atoms with van der Waals surface area (Å²) in [6.45, 7) is 8.02. The lowest BCUT2D eigenvalue weighted by atomic mass is 9.98. The maximum absolute atomic E-state index is 13.0. The Bertz CT molecular complexity index is 732. The number of rotatable bonds is 13. The lowest BCUT2D eigenvalue weighted by Gasteiger charge is -2.25. The average molecular weight is 447 g/mol. The average Bonchev–Trinajstić information content (AvgIpc) is 3.31. The molecule has 8 heteroatoms. The van der Waals surface area contributed by atoms with Crippen molar-refractivity contribution in [1.29, 1.82) is 0 Å². The zero-order valence-corrected chi connectivity index (χ0v) is 19.5. The second-order valence-electron chi connectivity index (χ2n) is 8.99. The van der Waals surface area contributed by atoms with Crippen LogP contribution in [0.4, 0.5) is 11.4 Å². The molecule has 0 spiro atoms. The van der Waals surface area contributed by atoms with Crippen LogP contribution in [0, 0.1) is 11.8 Å². The molecule has 0 bridgehead atoms. The van der Waals surface area contributed by atoms with Crippen molar-refractivity contribution in [3.63, 3.8) is 0 Å². The van der Waals surface area contributed by atoms with Gasteiger partial charge in [0.15, 0.2) is 0 Å². The SMILES string of the molecule is CCCC[C@H](CN(O)C=O)C(=O)N[C@@H](CC(C)C)C(=O)Nc1ccc(N2CCCC2)cc1. The summed E-state index contributed by atoms with van der Waals surface area (Å²) >= 11 is 0. The Morgan fingerprint density at radius 3 is 2.38 bits per heavy atom. The molecule has 0 aromatic heterocycles. The van der Waals surface area contributed by atoms with E-state index in [1.165, 1.54) is 12.8 Å². The summed E-state index contributed by atoms with van der Waals surface area (Å²) in [5.74, 6) is -0.981. The Balaban J connectivity index is 2.03. The Hall–Kier alpha value is -2.61. The molecule has 178 valence electrons. The minimum Gasteiger partial charge on any atom is -0.372 e. The summed E-state index contributed by atoms with van der Waals surface area (Å²) in [5.41, 5.74) is 1.83. The highest BCUT2D eigenvalue weighted by Crippen LogP contribution is 2.22. The van der Waals surface area contributed by atoms with E-state index < -0.39 is 12.0 Å². The number of carbonyl (C=O) groups excluding carboxylic acids is 3. The number of benzene rings is 1. The van der Waals surface area contributed by atoms with Crippen molar-refractivity contribution in [2.24, 2.45) is 11.8 Å². The Morgan fingerprint density at radius 2 is 1.81 bits per heavy atom. The van der Waals surface area contributed by atoms with Gasteiger partial charge in [0, 0.05) is 24.5 Å². The van der Waals surface area contributed by atoms with E-state index in [1.54, 1.807) is 0 Å². The van der Waals surface area contributed by atoms with Gasteiger partial charge in [0.1, 0.15) is 6.04 Å². The van der Waals surface area contributed by atoms with Gasteiger partial charge in [-0.15, -0.1) is 0 Å². The van der Waals surface area contributed by atoms with E-state index in [0.717, 1.165) is 31.6 Å². The van der Waals surface area contributed by atoms with Crippen LogP contribution in [0.5, 0.6) is 0 Å². The highest BCUT2D eigenvalue weighted by atomic mass is 16.5. The van der Waals surface area contributed by atoms with Crippen molar-refractivity contribution in [2.45, 2.75) is 65.3 Å². The fraction of sp³-hybridized carbons (Fsp3) is 0.625. The molecule has 1 aromatic rings. The van der Waals surface area contributed by atoms with Gasteiger partial charge in [-0.25, -0.2) is 5.06 Å². The lowest BCUT2D eigenvalue weighted by Crippen LogP contribution is -2.48. The van der Waals surface area contributed by atoms with E-state index in [9.17, 15) is 19.6 Å². The van der Waals surface area contributed by atoms with Crippen molar-refractivity contribution in [2.75, 3.05) is 29.9 Å². The number of unbranched alkanes of at least 4 members (excludes halogenated alkanes) is 1. The van der Waals surface area contributed by atoms with Gasteiger partial charge in [-0.3, -0.25) is 19.6 Å². The van der Waals surface area contributed by atoms with Crippen LogP contribution in [0.3, 0.4) is 0 Å². The molecule has 3 N–H and O–H groups in total. The van der Waals surface area contributed by atoms with Gasteiger partial charge >= 0.3 is 0 Å². The number of nitrogens with one attached hydrogen (secondary N) is 2. The Morgan fingerprint density at radius 1 is 1.16 bits per heavy atom. The molecule has 1 aliphatic heterocycles. The molecular weight excluding hydrogens is 408 g/mol. The zero-order valence-electron chi connectivity index (χ0n) is 19.5. The molecular formula is C24H38N4O4. The summed E-state index contributed by atoms with van der Waals surface area (Å²) in [5, 5.41) is 15.8. The third kappa shape index (κ3) is 8.15. The summed E-state index contributed by atoms with van der Waals surface area (Å²) in [6, 6.07) is 7.09. The molecule has 3 amide bonds. The molecule has 8 nitrogen and oxygen atoms in total. The van der Waals surface area contributed by atoms with E-state index in [-0.39, 0.29) is 30.7 Å². The maximum atomic E-state index is 13.0. The smallest absolute Gasteiger partial charge is 0.246 e. The second-order valence-corrected chi connectivity index (χ2v) is 8.99. The second kappa shape index (κ2) is 13.1. The minimum absolute atomic E-state index is 0.0939. The molecule has 1 aliphatic rings. The van der Waals surface area contributed by atoms with Crippen LogP contribution in [0.25, 0.3) is 0 Å². The van der Waals surface area contributed by atoms with Gasteiger partial charge in [-0.1, -0.05) is 33.6 Å². The quantitative estimate of drug-likeness (QED) is 0.245. The number of nitrogens with zero attached hydrogens (tertiary/aromatic N) is 2. The molecule has 0 saturated carbocycles. The number of anilines is 2. The van der Waals surface area contributed by atoms with E-state index in [2.05, 4.69) is 15.5 Å². The molecule has 0 unspecified atom stereocenters. The molecule has 1 saturated heterocycles. The van der Waals surface area contributed by atoms with Crippen LogP contribution in [-0.4, -0.2) is 54.2 Å². The van der Waals surface area contributed by atoms with E-state index in [0.29, 0.717) is 23.6 Å². The largest absolute Gasteiger partial charge is 0.372 e. The molecule has 2 atom stereocenters. The van der Waals surface area contributed by atoms with Crippen molar-refractivity contribution < 1.29 is 19.6 Å². The molecule has 1 heterocycles. The third-order valence-corrected chi connectivity index (χ3v) is 5.75. The van der Waals surface area contributed by atoms with E-state index in [1.807, 2.05) is 45.0 Å². The Labute approximate surface area is 191 Å². The van der Waals surface area contributed by atoms with Crippen LogP contribution in [0.15, 0.2) is 24.3 Å². The fourth-order valence-electron chi connectivity index (χ4n) is 3.98. The number of hydroxylamine groups is 2. The molecule has 0 radical (unpaired) electrons. The minimum atomic E-state index is -0.701. The number of hydrogen-bond acceptors (Lipinski definition) is 5. The molecule has 1 aromatic carbocycles. The van der Waals surface area contributed by atoms with Crippen molar-refractivity contribution >= 4 is 29.6 Å². The first-order valence-corrected chi connectivity index (χ1v) is 11.7. The number of hydrogen-bond donors (Lipinski definition) is 3. The molecule has 0 aliphatic carbocycles. The number of carbonyl (C=O) groups is 3. The van der Waals surface area contributed by atoms with Crippen molar-refractivity contribution in [3.05, 3.63) is 24.3 Å². The summed E-state index contributed by atoms with van der Waals surface area (Å²) in [4.78, 5) is 39.0. The normalized spacial score (nSPS) is 15.3. The van der Waals surface area contributed by atoms with E-state index in [4.69, 9.17) is 0 Å². The Kier molecular flexibility index (Phi) is 10.5. The third-order valence-electron chi connectivity index (χ3n) is 5.75. The van der Waals surface area contributed by atoms with Gasteiger partial charge in [-0.05, 0) is 55.9 Å². The van der Waals surface area contributed by atoms with Gasteiger partial charge in [-0.2, -0.15) is 0 Å². The highest BCUT2D eigenvalue weighted by Gasteiger charge is 2.27. The number of amides is 3. The highest BCUT2D eigenvalue weighted by molar-refractivity contribution is 5.97. The van der Waals surface area contributed by atoms with Crippen LogP contribution >= 0.6 is 0 Å². The van der Waals surface area contributed by atoms with Crippen molar-refractivity contribution in [1.82, 2.24) is 10.4 Å². The first-order chi connectivity index (χ1) is 15.3. The predicted molar refractivity (Wildman–Crippen MR) is 125 cm³/mol. The zero-order chi connectivity index (χ0) is 23.5.